The van der Waals surface area contributed by atoms with E-state index in [1.165, 1.54) is 0 Å². The molecule has 0 aromatic rings. The van der Waals surface area contributed by atoms with Gasteiger partial charge in [-0.15, -0.1) is 0 Å². The van der Waals surface area contributed by atoms with Crippen LogP contribution in [0, 0.1) is 5.92 Å². The third kappa shape index (κ3) is 5.50. The molecular formula is C13H28N2O2. The standard InChI is InChI=1S/C13H28N2O2/c1-6-11(7-2)15(8-10(3)4)9-13(5,14)12(16)17/h10-11H,6-9,14H2,1-5H3,(H,16,17). The fourth-order valence-electron chi connectivity index (χ4n) is 2.11. The molecule has 0 saturated carbocycles. The Labute approximate surface area is 105 Å². The van der Waals surface area contributed by atoms with Gasteiger partial charge in [0.05, 0.1) is 0 Å². The van der Waals surface area contributed by atoms with Crippen LogP contribution in [-0.4, -0.2) is 40.6 Å². The van der Waals surface area contributed by atoms with Crippen LogP contribution in [0.2, 0.25) is 0 Å². The normalized spacial score (nSPS) is 15.6. The first-order valence-electron chi connectivity index (χ1n) is 6.50. The van der Waals surface area contributed by atoms with E-state index >= 15 is 0 Å². The van der Waals surface area contributed by atoms with E-state index in [-0.39, 0.29) is 0 Å². The van der Waals surface area contributed by atoms with Crippen LogP contribution in [0.25, 0.3) is 0 Å². The van der Waals surface area contributed by atoms with Gasteiger partial charge in [-0.05, 0) is 25.7 Å². The first kappa shape index (κ1) is 16.4. The Morgan fingerprint density at radius 1 is 1.35 bits per heavy atom. The van der Waals surface area contributed by atoms with Crippen molar-refractivity contribution in [2.75, 3.05) is 13.1 Å². The van der Waals surface area contributed by atoms with Crippen molar-refractivity contribution in [3.8, 4) is 0 Å². The first-order valence-corrected chi connectivity index (χ1v) is 6.50. The van der Waals surface area contributed by atoms with Crippen molar-refractivity contribution in [3.63, 3.8) is 0 Å². The van der Waals surface area contributed by atoms with Gasteiger partial charge in [0.2, 0.25) is 0 Å². The van der Waals surface area contributed by atoms with Gasteiger partial charge < -0.3 is 10.8 Å². The zero-order valence-corrected chi connectivity index (χ0v) is 11.9. The van der Waals surface area contributed by atoms with Crippen molar-refractivity contribution < 1.29 is 9.90 Å². The Morgan fingerprint density at radius 3 is 2.12 bits per heavy atom. The van der Waals surface area contributed by atoms with E-state index < -0.39 is 11.5 Å². The van der Waals surface area contributed by atoms with E-state index in [1.54, 1.807) is 6.92 Å². The maximum absolute atomic E-state index is 11.1. The summed E-state index contributed by atoms with van der Waals surface area (Å²) in [5.74, 6) is -0.419. The monoisotopic (exact) mass is 244 g/mol. The van der Waals surface area contributed by atoms with Gasteiger partial charge >= 0.3 is 5.97 Å². The summed E-state index contributed by atoms with van der Waals surface area (Å²) in [4.78, 5) is 13.3. The van der Waals surface area contributed by atoms with E-state index in [0.29, 0.717) is 18.5 Å². The summed E-state index contributed by atoms with van der Waals surface area (Å²) in [5, 5.41) is 9.10. The summed E-state index contributed by atoms with van der Waals surface area (Å²) >= 11 is 0. The highest BCUT2D eigenvalue weighted by Crippen LogP contribution is 2.15. The van der Waals surface area contributed by atoms with E-state index in [4.69, 9.17) is 10.8 Å². The topological polar surface area (TPSA) is 66.6 Å². The molecule has 0 bridgehead atoms. The third-order valence-electron chi connectivity index (χ3n) is 3.08. The fraction of sp³-hybridized carbons (Fsp3) is 0.923. The summed E-state index contributed by atoms with van der Waals surface area (Å²) < 4.78 is 0. The number of carboxylic acid groups (broad SMARTS) is 1. The Balaban J connectivity index is 4.75. The highest BCUT2D eigenvalue weighted by Gasteiger charge is 2.32. The Bertz CT molecular complexity index is 236. The van der Waals surface area contributed by atoms with Gasteiger partial charge in [-0.2, -0.15) is 0 Å². The summed E-state index contributed by atoms with van der Waals surface area (Å²) in [6.07, 6.45) is 2.05. The minimum atomic E-state index is -1.17. The maximum Gasteiger partial charge on any atom is 0.324 e. The first-order chi connectivity index (χ1) is 7.74. The number of rotatable bonds is 8. The molecule has 4 nitrogen and oxygen atoms in total. The smallest absolute Gasteiger partial charge is 0.324 e. The van der Waals surface area contributed by atoms with Gasteiger partial charge in [0.25, 0.3) is 0 Å². The molecule has 0 amide bonds. The molecule has 4 heteroatoms. The minimum Gasteiger partial charge on any atom is -0.480 e. The molecule has 0 aromatic heterocycles. The lowest BCUT2D eigenvalue weighted by Gasteiger charge is -2.36. The number of hydrogen-bond donors (Lipinski definition) is 2. The molecule has 0 aliphatic carbocycles. The summed E-state index contributed by atoms with van der Waals surface area (Å²) in [7, 11) is 0. The second kappa shape index (κ2) is 6.97. The Morgan fingerprint density at radius 2 is 1.82 bits per heavy atom. The van der Waals surface area contributed by atoms with Crippen LogP contribution in [0.1, 0.15) is 47.5 Å². The zero-order valence-electron chi connectivity index (χ0n) is 11.9. The summed E-state index contributed by atoms with van der Waals surface area (Å²) in [6, 6.07) is 0.416. The van der Waals surface area contributed by atoms with E-state index in [9.17, 15) is 4.79 Å². The fourth-order valence-corrected chi connectivity index (χ4v) is 2.11. The van der Waals surface area contributed by atoms with E-state index in [0.717, 1.165) is 19.4 Å². The van der Waals surface area contributed by atoms with Crippen molar-refractivity contribution >= 4 is 5.97 Å². The number of carbonyl (C=O) groups is 1. The average Bonchev–Trinajstić information content (AvgIpc) is 2.17. The molecule has 0 fully saturated rings. The Hall–Kier alpha value is -0.610. The highest BCUT2D eigenvalue weighted by atomic mass is 16.4. The molecule has 0 radical (unpaired) electrons. The molecule has 0 spiro atoms. The second-order valence-electron chi connectivity index (χ2n) is 5.52. The van der Waals surface area contributed by atoms with Crippen molar-refractivity contribution in [1.82, 2.24) is 4.90 Å². The van der Waals surface area contributed by atoms with E-state index in [2.05, 4.69) is 32.6 Å². The number of nitrogens with two attached hydrogens (primary N) is 1. The number of carboxylic acids is 1. The van der Waals surface area contributed by atoms with Crippen molar-refractivity contribution in [1.29, 1.82) is 0 Å². The number of nitrogens with zero attached hydrogens (tertiary/aromatic N) is 1. The van der Waals surface area contributed by atoms with Gasteiger partial charge in [0, 0.05) is 19.1 Å². The number of hydrogen-bond acceptors (Lipinski definition) is 3. The predicted molar refractivity (Wildman–Crippen MR) is 71.0 cm³/mol. The summed E-state index contributed by atoms with van der Waals surface area (Å²) in [5.41, 5.74) is 4.67. The molecule has 17 heavy (non-hydrogen) atoms. The van der Waals surface area contributed by atoms with Crippen molar-refractivity contribution in [2.45, 2.75) is 59.0 Å². The minimum absolute atomic E-state index is 0.410. The number of aliphatic carboxylic acids is 1. The van der Waals surface area contributed by atoms with Gasteiger partial charge in [0.15, 0.2) is 0 Å². The lowest BCUT2D eigenvalue weighted by atomic mass is 9.99. The van der Waals surface area contributed by atoms with Gasteiger partial charge in [-0.25, -0.2) is 0 Å². The molecule has 1 atom stereocenters. The van der Waals surface area contributed by atoms with Crippen LogP contribution in [0.3, 0.4) is 0 Å². The average molecular weight is 244 g/mol. The molecule has 0 aromatic carbocycles. The van der Waals surface area contributed by atoms with Crippen LogP contribution in [-0.2, 0) is 4.79 Å². The second-order valence-corrected chi connectivity index (χ2v) is 5.52. The zero-order chi connectivity index (χ0) is 13.6. The maximum atomic E-state index is 11.1. The molecule has 102 valence electrons. The van der Waals surface area contributed by atoms with Crippen LogP contribution < -0.4 is 5.73 Å². The molecular weight excluding hydrogens is 216 g/mol. The summed E-state index contributed by atoms with van der Waals surface area (Å²) in [6.45, 7) is 11.4. The highest BCUT2D eigenvalue weighted by molar-refractivity contribution is 5.78. The van der Waals surface area contributed by atoms with Crippen molar-refractivity contribution in [2.24, 2.45) is 11.7 Å². The molecule has 0 heterocycles. The van der Waals surface area contributed by atoms with Gasteiger partial charge in [-0.1, -0.05) is 27.7 Å². The lowest BCUT2D eigenvalue weighted by molar-refractivity contribution is -0.143. The van der Waals surface area contributed by atoms with Crippen LogP contribution in [0.15, 0.2) is 0 Å². The lowest BCUT2D eigenvalue weighted by Crippen LogP contribution is -2.56. The van der Waals surface area contributed by atoms with Gasteiger partial charge in [-0.3, -0.25) is 9.69 Å². The third-order valence-corrected chi connectivity index (χ3v) is 3.08. The van der Waals surface area contributed by atoms with Crippen LogP contribution in [0.4, 0.5) is 0 Å². The molecule has 0 aliphatic rings. The predicted octanol–water partition coefficient (Wildman–Crippen LogP) is 1.93. The largest absolute Gasteiger partial charge is 0.480 e. The molecule has 0 saturated heterocycles. The van der Waals surface area contributed by atoms with Crippen LogP contribution >= 0.6 is 0 Å². The molecule has 3 N–H and O–H groups in total. The molecule has 0 rings (SSSR count). The molecule has 0 aliphatic heterocycles. The SMILES string of the molecule is CCC(CC)N(CC(C)C)CC(C)(N)C(=O)O. The van der Waals surface area contributed by atoms with Crippen molar-refractivity contribution in [3.05, 3.63) is 0 Å². The van der Waals surface area contributed by atoms with Gasteiger partial charge in [0.1, 0.15) is 5.54 Å². The quantitative estimate of drug-likeness (QED) is 0.684. The Kier molecular flexibility index (Phi) is 6.72. The van der Waals surface area contributed by atoms with Crippen LogP contribution in [0.5, 0.6) is 0 Å². The van der Waals surface area contributed by atoms with E-state index in [1.807, 2.05) is 0 Å². The molecule has 1 unspecified atom stereocenters.